The van der Waals surface area contributed by atoms with E-state index in [1.807, 2.05) is 55.5 Å². The van der Waals surface area contributed by atoms with Crippen molar-refractivity contribution in [2.24, 2.45) is 0 Å². The van der Waals surface area contributed by atoms with Gasteiger partial charge in [-0.1, -0.05) is 36.4 Å². The number of nitrogens with one attached hydrogen (secondary N) is 2. The lowest BCUT2D eigenvalue weighted by molar-refractivity contribution is -0.115. The van der Waals surface area contributed by atoms with Crippen LogP contribution in [0.25, 0.3) is 10.9 Å². The van der Waals surface area contributed by atoms with E-state index in [0.717, 1.165) is 16.8 Å². The van der Waals surface area contributed by atoms with E-state index in [0.29, 0.717) is 16.1 Å². The number of nitrogens with zero attached hydrogens (tertiary/aromatic N) is 2. The monoisotopic (exact) mass is 406 g/mol. The Kier molecular flexibility index (Phi) is 5.35. The first-order chi connectivity index (χ1) is 14.1. The number of amides is 1. The molecule has 4 aromatic rings. The number of aromatic nitrogens is 3. The average Bonchev–Trinajstić information content (AvgIpc) is 3.35. The molecular formula is C21H18N4O3S. The second kappa shape index (κ2) is 8.24. The molecule has 2 N–H and O–H groups in total. The van der Waals surface area contributed by atoms with Crippen LogP contribution in [-0.2, 0) is 22.6 Å². The smallest absolute Gasteiger partial charge is 0.359 e. The van der Waals surface area contributed by atoms with Gasteiger partial charge < -0.3 is 10.1 Å². The number of para-hydroxylation sites is 2. The molecule has 0 aliphatic carbocycles. The van der Waals surface area contributed by atoms with Crippen LogP contribution < -0.4 is 5.32 Å². The number of aromatic amines is 1. The molecule has 2 aromatic heterocycles. The summed E-state index contributed by atoms with van der Waals surface area (Å²) in [6.07, 6.45) is 0.164. The third-order valence-electron chi connectivity index (χ3n) is 4.35. The lowest BCUT2D eigenvalue weighted by Crippen LogP contribution is -2.15. The number of anilines is 1. The number of rotatable bonds is 6. The summed E-state index contributed by atoms with van der Waals surface area (Å²) in [5.74, 6) is -0.658. The van der Waals surface area contributed by atoms with E-state index < -0.39 is 5.97 Å². The van der Waals surface area contributed by atoms with Gasteiger partial charge in [0, 0.05) is 16.5 Å². The molecule has 0 unspecified atom stereocenters. The minimum Gasteiger partial charge on any atom is -0.454 e. The van der Waals surface area contributed by atoms with Crippen molar-refractivity contribution in [2.45, 2.75) is 20.0 Å². The summed E-state index contributed by atoms with van der Waals surface area (Å²) in [5, 5.41) is 12.9. The number of aryl methyl sites for hydroxylation is 1. The molecule has 1 amide bonds. The van der Waals surface area contributed by atoms with Gasteiger partial charge in [-0.3, -0.25) is 9.89 Å². The molecule has 0 bridgehead atoms. The topological polar surface area (TPSA) is 97.0 Å². The Morgan fingerprint density at radius 2 is 1.93 bits per heavy atom. The fourth-order valence-corrected chi connectivity index (χ4v) is 3.65. The number of hydrogen-bond acceptors (Lipinski definition) is 6. The highest BCUT2D eigenvalue weighted by molar-refractivity contribution is 7.09. The zero-order valence-corrected chi connectivity index (χ0v) is 16.5. The van der Waals surface area contributed by atoms with E-state index in [2.05, 4.69) is 20.5 Å². The van der Waals surface area contributed by atoms with Crippen molar-refractivity contribution in [3.05, 3.63) is 75.9 Å². The first-order valence-electron chi connectivity index (χ1n) is 8.99. The van der Waals surface area contributed by atoms with Crippen LogP contribution in [0.5, 0.6) is 0 Å². The van der Waals surface area contributed by atoms with E-state index in [9.17, 15) is 9.59 Å². The first kappa shape index (κ1) is 18.8. The number of benzene rings is 2. The van der Waals surface area contributed by atoms with Crippen molar-refractivity contribution >= 4 is 39.8 Å². The highest BCUT2D eigenvalue weighted by Gasteiger charge is 2.16. The van der Waals surface area contributed by atoms with Crippen molar-refractivity contribution in [3.8, 4) is 0 Å². The fraction of sp³-hybridized carbons (Fsp3) is 0.143. The molecule has 0 saturated heterocycles. The maximum Gasteiger partial charge on any atom is 0.359 e. The normalized spacial score (nSPS) is 10.8. The van der Waals surface area contributed by atoms with Crippen LogP contribution in [0.4, 0.5) is 5.69 Å². The number of carbonyl (C=O) groups is 2. The van der Waals surface area contributed by atoms with Crippen LogP contribution in [0, 0.1) is 6.92 Å². The number of fused-ring (bicyclic) bond motifs is 1. The van der Waals surface area contributed by atoms with Crippen LogP contribution in [-0.4, -0.2) is 27.1 Å². The third-order valence-corrected chi connectivity index (χ3v) is 5.24. The highest BCUT2D eigenvalue weighted by atomic mass is 32.1. The van der Waals surface area contributed by atoms with Gasteiger partial charge in [0.15, 0.2) is 5.69 Å². The van der Waals surface area contributed by atoms with E-state index >= 15 is 0 Å². The molecule has 7 nitrogen and oxygen atoms in total. The van der Waals surface area contributed by atoms with E-state index in [1.165, 1.54) is 11.3 Å². The molecular weight excluding hydrogens is 388 g/mol. The maximum atomic E-state index is 12.3. The molecule has 146 valence electrons. The van der Waals surface area contributed by atoms with Crippen LogP contribution in [0.15, 0.2) is 53.9 Å². The summed E-state index contributed by atoms with van der Waals surface area (Å²) < 4.78 is 5.33. The average molecular weight is 406 g/mol. The molecule has 0 aliphatic heterocycles. The molecule has 2 heterocycles. The van der Waals surface area contributed by atoms with Gasteiger partial charge in [0.25, 0.3) is 0 Å². The van der Waals surface area contributed by atoms with Gasteiger partial charge in [-0.2, -0.15) is 5.10 Å². The second-order valence-electron chi connectivity index (χ2n) is 6.47. The fourth-order valence-electron chi connectivity index (χ4n) is 2.87. The van der Waals surface area contributed by atoms with Gasteiger partial charge >= 0.3 is 5.97 Å². The number of ether oxygens (including phenoxy) is 1. The van der Waals surface area contributed by atoms with Gasteiger partial charge in [0.05, 0.1) is 17.6 Å². The van der Waals surface area contributed by atoms with Crippen LogP contribution in [0.3, 0.4) is 0 Å². The van der Waals surface area contributed by atoms with Crippen molar-refractivity contribution < 1.29 is 14.3 Å². The molecule has 2 aromatic carbocycles. The van der Waals surface area contributed by atoms with Crippen molar-refractivity contribution in [3.63, 3.8) is 0 Å². The summed E-state index contributed by atoms with van der Waals surface area (Å²) in [4.78, 5) is 28.9. The van der Waals surface area contributed by atoms with Crippen LogP contribution in [0.2, 0.25) is 0 Å². The van der Waals surface area contributed by atoms with Crippen molar-refractivity contribution in [1.82, 2.24) is 15.2 Å². The minimum atomic E-state index is -0.519. The van der Waals surface area contributed by atoms with Crippen LogP contribution >= 0.6 is 11.3 Å². The number of thiazole rings is 1. The molecule has 0 atom stereocenters. The largest absolute Gasteiger partial charge is 0.454 e. The standard InChI is InChI=1S/C21H18N4O3S/c1-13-6-2-4-8-16(13)23-18(26)10-19-22-14(12-29-19)11-28-21(27)20-15-7-3-5-9-17(15)24-25-20/h2-9,12H,10-11H2,1H3,(H,23,26)(H,24,25). The van der Waals surface area contributed by atoms with E-state index in [4.69, 9.17) is 4.74 Å². The SMILES string of the molecule is Cc1ccccc1NC(=O)Cc1nc(COC(=O)c2n[nH]c3ccccc23)cs1. The predicted molar refractivity (Wildman–Crippen MR) is 111 cm³/mol. The lowest BCUT2D eigenvalue weighted by Gasteiger charge is -2.06. The summed E-state index contributed by atoms with van der Waals surface area (Å²) in [6, 6.07) is 14.9. The number of H-pyrrole nitrogens is 1. The third kappa shape index (κ3) is 4.33. The van der Waals surface area contributed by atoms with Crippen molar-refractivity contribution in [1.29, 1.82) is 0 Å². The van der Waals surface area contributed by atoms with Gasteiger partial charge in [0.2, 0.25) is 5.91 Å². The predicted octanol–water partition coefficient (Wildman–Crippen LogP) is 3.87. The Labute approximate surface area is 170 Å². The summed E-state index contributed by atoms with van der Waals surface area (Å²) >= 11 is 1.36. The Hall–Kier alpha value is -3.52. The molecule has 0 radical (unpaired) electrons. The maximum absolute atomic E-state index is 12.3. The zero-order valence-electron chi connectivity index (χ0n) is 15.6. The summed E-state index contributed by atoms with van der Waals surface area (Å²) in [6.45, 7) is 1.96. The van der Waals surface area contributed by atoms with E-state index in [-0.39, 0.29) is 24.6 Å². The molecule has 0 spiro atoms. The Bertz CT molecular complexity index is 1180. The first-order valence-corrected chi connectivity index (χ1v) is 9.87. The Morgan fingerprint density at radius 3 is 2.79 bits per heavy atom. The summed E-state index contributed by atoms with van der Waals surface area (Å²) in [5.41, 5.74) is 3.40. The second-order valence-corrected chi connectivity index (χ2v) is 7.41. The van der Waals surface area contributed by atoms with Crippen LogP contribution in [0.1, 0.15) is 26.8 Å². The van der Waals surface area contributed by atoms with E-state index in [1.54, 1.807) is 5.38 Å². The molecule has 4 rings (SSSR count). The molecule has 0 fully saturated rings. The summed E-state index contributed by atoms with van der Waals surface area (Å²) in [7, 11) is 0. The quantitative estimate of drug-likeness (QED) is 0.474. The van der Waals surface area contributed by atoms with Gasteiger partial charge in [-0.05, 0) is 24.6 Å². The van der Waals surface area contributed by atoms with Gasteiger partial charge in [-0.15, -0.1) is 11.3 Å². The Morgan fingerprint density at radius 1 is 1.14 bits per heavy atom. The molecule has 8 heteroatoms. The molecule has 0 aliphatic rings. The molecule has 0 saturated carbocycles. The number of hydrogen-bond donors (Lipinski definition) is 2. The zero-order chi connectivity index (χ0) is 20.2. The van der Waals surface area contributed by atoms with Gasteiger partial charge in [0.1, 0.15) is 11.6 Å². The highest BCUT2D eigenvalue weighted by Crippen LogP contribution is 2.18. The lowest BCUT2D eigenvalue weighted by atomic mass is 10.2. The minimum absolute atomic E-state index is 0.0237. The number of carbonyl (C=O) groups excluding carboxylic acids is 2. The van der Waals surface area contributed by atoms with Crippen molar-refractivity contribution in [2.75, 3.05) is 5.32 Å². The van der Waals surface area contributed by atoms with Gasteiger partial charge in [-0.25, -0.2) is 9.78 Å². The molecule has 29 heavy (non-hydrogen) atoms. The Balaban J connectivity index is 1.34. The number of esters is 1.